The fraction of sp³-hybridized carbons (Fsp3) is 0.250. The molecule has 154 valence electrons. The topological polar surface area (TPSA) is 94.9 Å². The van der Waals surface area contributed by atoms with Gasteiger partial charge in [0.1, 0.15) is 28.2 Å². The Bertz CT molecular complexity index is 1050. The van der Waals surface area contributed by atoms with Crippen molar-refractivity contribution < 1.29 is 31.8 Å². The van der Waals surface area contributed by atoms with E-state index in [9.17, 15) is 18.1 Å². The van der Waals surface area contributed by atoms with Crippen LogP contribution in [0.5, 0.6) is 23.0 Å². The summed E-state index contributed by atoms with van der Waals surface area (Å²) in [5, 5.41) is 9.47. The van der Waals surface area contributed by atoms with E-state index in [0.29, 0.717) is 5.75 Å². The van der Waals surface area contributed by atoms with Gasteiger partial charge in [0, 0.05) is 12.1 Å². The maximum Gasteiger partial charge on any atom is 0.192 e. The Labute approximate surface area is 168 Å². The molecule has 0 bridgehead atoms. The third kappa shape index (κ3) is 4.97. The molecule has 0 radical (unpaired) electrons. The fourth-order valence-corrected chi connectivity index (χ4v) is 3.80. The van der Waals surface area contributed by atoms with E-state index in [4.69, 9.17) is 18.9 Å². The second-order valence-electron chi connectivity index (χ2n) is 5.79. The molecule has 7 nitrogen and oxygen atoms in total. The summed E-state index contributed by atoms with van der Waals surface area (Å²) in [6.07, 6.45) is 1.16. The number of allylic oxidation sites excluding steroid dienone is 1. The van der Waals surface area contributed by atoms with E-state index >= 15 is 0 Å². The summed E-state index contributed by atoms with van der Waals surface area (Å²) in [5.74, 6) is -0.296. The van der Waals surface area contributed by atoms with Crippen LogP contribution in [0.15, 0.2) is 35.2 Å². The van der Waals surface area contributed by atoms with Gasteiger partial charge in [-0.3, -0.25) is 0 Å². The van der Waals surface area contributed by atoms with Crippen LogP contribution < -0.4 is 18.9 Å². The smallest absolute Gasteiger partial charge is 0.192 e. The highest BCUT2D eigenvalue weighted by molar-refractivity contribution is 7.95. The second-order valence-corrected chi connectivity index (χ2v) is 7.75. The predicted octanol–water partition coefficient (Wildman–Crippen LogP) is 3.34. The fourth-order valence-electron chi connectivity index (χ4n) is 2.59. The summed E-state index contributed by atoms with van der Waals surface area (Å²) in [4.78, 5) is -0.518. The molecule has 0 amide bonds. The van der Waals surface area contributed by atoms with Gasteiger partial charge in [-0.05, 0) is 23.8 Å². The molecule has 2 rings (SSSR count). The predicted molar refractivity (Wildman–Crippen MR) is 105 cm³/mol. The van der Waals surface area contributed by atoms with Gasteiger partial charge in [0.15, 0.2) is 21.4 Å². The van der Waals surface area contributed by atoms with Gasteiger partial charge in [0.25, 0.3) is 0 Å². The van der Waals surface area contributed by atoms with Crippen LogP contribution in [0.3, 0.4) is 0 Å². The number of benzene rings is 2. The largest absolute Gasteiger partial charge is 0.496 e. The van der Waals surface area contributed by atoms with Crippen LogP contribution in [0.25, 0.3) is 6.08 Å². The Morgan fingerprint density at radius 1 is 1.00 bits per heavy atom. The molecule has 0 N–H and O–H groups in total. The van der Waals surface area contributed by atoms with Crippen LogP contribution in [0, 0.1) is 17.1 Å². The molecule has 0 unspecified atom stereocenters. The minimum absolute atomic E-state index is 0.00472. The minimum atomic E-state index is -4.08. The third-order valence-corrected chi connectivity index (χ3v) is 5.64. The van der Waals surface area contributed by atoms with Crippen molar-refractivity contribution in [2.75, 3.05) is 28.4 Å². The number of hydrogen-bond acceptors (Lipinski definition) is 7. The van der Waals surface area contributed by atoms with Crippen molar-refractivity contribution in [3.8, 4) is 29.1 Å². The molecule has 0 heterocycles. The van der Waals surface area contributed by atoms with E-state index in [-0.39, 0.29) is 28.4 Å². The molecule has 29 heavy (non-hydrogen) atoms. The van der Waals surface area contributed by atoms with Crippen LogP contribution in [-0.2, 0) is 15.6 Å². The zero-order chi connectivity index (χ0) is 21.6. The van der Waals surface area contributed by atoms with Gasteiger partial charge in [0.05, 0.1) is 39.8 Å². The average Bonchev–Trinajstić information content (AvgIpc) is 2.71. The summed E-state index contributed by atoms with van der Waals surface area (Å²) in [6, 6.07) is 8.56. The van der Waals surface area contributed by atoms with Crippen molar-refractivity contribution in [1.82, 2.24) is 0 Å². The zero-order valence-electron chi connectivity index (χ0n) is 16.4. The molecule has 0 saturated carbocycles. The number of rotatable bonds is 8. The van der Waals surface area contributed by atoms with Gasteiger partial charge < -0.3 is 18.9 Å². The van der Waals surface area contributed by atoms with Gasteiger partial charge in [-0.2, -0.15) is 5.26 Å². The quantitative estimate of drug-likeness (QED) is 0.603. The van der Waals surface area contributed by atoms with Crippen molar-refractivity contribution in [3.05, 3.63) is 52.2 Å². The van der Waals surface area contributed by atoms with Gasteiger partial charge in [-0.25, -0.2) is 12.8 Å². The molecule has 0 aliphatic carbocycles. The Balaban J connectivity index is 2.51. The van der Waals surface area contributed by atoms with Crippen molar-refractivity contribution in [3.63, 3.8) is 0 Å². The number of ether oxygens (including phenoxy) is 4. The molecule has 0 fully saturated rings. The van der Waals surface area contributed by atoms with Crippen molar-refractivity contribution in [2.24, 2.45) is 0 Å². The first-order valence-electron chi connectivity index (χ1n) is 8.26. The van der Waals surface area contributed by atoms with E-state index in [1.54, 1.807) is 6.07 Å². The highest BCUT2D eigenvalue weighted by atomic mass is 32.2. The van der Waals surface area contributed by atoms with Gasteiger partial charge in [0.2, 0.25) is 0 Å². The molecule has 9 heteroatoms. The zero-order valence-corrected chi connectivity index (χ0v) is 17.2. The molecule has 2 aromatic carbocycles. The maximum absolute atomic E-state index is 13.9. The number of methoxy groups -OCH3 is 4. The van der Waals surface area contributed by atoms with Gasteiger partial charge in [-0.1, -0.05) is 6.07 Å². The normalized spacial score (nSPS) is 11.5. The first-order chi connectivity index (χ1) is 13.8. The number of sulfone groups is 1. The molecular weight excluding hydrogens is 401 g/mol. The standard InChI is InChI=1S/C20H20FNO6S/c1-25-14-8-19(27-3)16(20(9-14)28-4)10-15(11-22)29(23,24)12-13-5-6-18(26-2)17(21)7-13/h5-10H,12H2,1-4H3. The Hall–Kier alpha value is -3.25. The highest BCUT2D eigenvalue weighted by Crippen LogP contribution is 2.36. The van der Waals surface area contributed by atoms with Gasteiger partial charge >= 0.3 is 0 Å². The summed E-state index contributed by atoms with van der Waals surface area (Å²) in [5.41, 5.74) is 0.440. The summed E-state index contributed by atoms with van der Waals surface area (Å²) in [6.45, 7) is 0. The monoisotopic (exact) mass is 421 g/mol. The number of halogens is 1. The van der Waals surface area contributed by atoms with Crippen molar-refractivity contribution in [1.29, 1.82) is 5.26 Å². The van der Waals surface area contributed by atoms with E-state index in [0.717, 1.165) is 12.1 Å². The lowest BCUT2D eigenvalue weighted by molar-refractivity contribution is 0.374. The highest BCUT2D eigenvalue weighted by Gasteiger charge is 2.22. The second kappa shape index (κ2) is 9.30. The molecule has 0 aromatic heterocycles. The van der Waals surface area contributed by atoms with E-state index < -0.39 is 26.3 Å². The minimum Gasteiger partial charge on any atom is -0.496 e. The lowest BCUT2D eigenvalue weighted by Gasteiger charge is -2.13. The summed E-state index contributed by atoms with van der Waals surface area (Å²) in [7, 11) is 1.48. The lowest BCUT2D eigenvalue weighted by atomic mass is 10.1. The van der Waals surface area contributed by atoms with E-state index in [2.05, 4.69) is 0 Å². The SMILES string of the molecule is COc1cc(OC)c(C=C(C#N)S(=O)(=O)Cc2ccc(OC)c(F)c2)c(OC)c1. The lowest BCUT2D eigenvalue weighted by Crippen LogP contribution is -2.07. The third-order valence-electron chi connectivity index (χ3n) is 4.05. The summed E-state index contributed by atoms with van der Waals surface area (Å²) >= 11 is 0. The number of nitriles is 1. The molecule has 0 aliphatic rings. The van der Waals surface area contributed by atoms with Crippen molar-refractivity contribution in [2.45, 2.75) is 5.75 Å². The first-order valence-corrected chi connectivity index (χ1v) is 9.91. The maximum atomic E-state index is 13.9. The molecular formula is C20H20FNO6S. The Morgan fingerprint density at radius 3 is 2.03 bits per heavy atom. The van der Waals surface area contributed by atoms with E-state index in [1.807, 2.05) is 0 Å². The molecule has 2 aromatic rings. The average molecular weight is 421 g/mol. The van der Waals surface area contributed by atoms with Gasteiger partial charge in [-0.15, -0.1) is 0 Å². The Morgan fingerprint density at radius 2 is 1.59 bits per heavy atom. The van der Waals surface area contributed by atoms with Crippen LogP contribution in [-0.4, -0.2) is 36.9 Å². The van der Waals surface area contributed by atoms with E-state index in [1.165, 1.54) is 52.7 Å². The van der Waals surface area contributed by atoms with Crippen LogP contribution in [0.4, 0.5) is 4.39 Å². The first kappa shape index (κ1) is 22.0. The summed E-state index contributed by atoms with van der Waals surface area (Å²) < 4.78 is 60.0. The number of hydrogen-bond donors (Lipinski definition) is 0. The molecule has 0 spiro atoms. The molecule has 0 saturated heterocycles. The molecule has 0 atom stereocenters. The van der Waals surface area contributed by atoms with Crippen LogP contribution in [0.2, 0.25) is 0 Å². The molecule has 0 aliphatic heterocycles. The Kier molecular flexibility index (Phi) is 7.07. The van der Waals surface area contributed by atoms with Crippen LogP contribution >= 0.6 is 0 Å². The van der Waals surface area contributed by atoms with Crippen molar-refractivity contribution >= 4 is 15.9 Å². The number of nitrogens with zero attached hydrogens (tertiary/aromatic N) is 1. The van der Waals surface area contributed by atoms with Crippen LogP contribution in [0.1, 0.15) is 11.1 Å².